The first-order valence-corrected chi connectivity index (χ1v) is 13.5. The summed E-state index contributed by atoms with van der Waals surface area (Å²) in [5.41, 5.74) is -1.38. The lowest BCUT2D eigenvalue weighted by atomic mass is 10.0. The maximum atomic E-state index is 13.7. The number of carbonyl (C=O) groups is 1. The largest absolute Gasteiger partial charge is 0.463 e. The molecule has 0 saturated carbocycles. The number of hydrogen-bond donors (Lipinski definition) is 2. The number of halogens is 1. The van der Waals surface area contributed by atoms with Crippen LogP contribution in [0.15, 0.2) is 52.2 Å². The smallest absolute Gasteiger partial charge is 0.380 e. The zero-order valence-electron chi connectivity index (χ0n) is 20.3. The highest BCUT2D eigenvalue weighted by atomic mass is 35.5. The Morgan fingerprint density at radius 3 is 2.53 bits per heavy atom. The van der Waals surface area contributed by atoms with Gasteiger partial charge in [-0.3, -0.25) is 23.7 Å². The second-order valence-corrected chi connectivity index (χ2v) is 11.9. The zero-order valence-corrected chi connectivity index (χ0v) is 22.0. The number of alkyl halides is 1. The van der Waals surface area contributed by atoms with Crippen molar-refractivity contribution in [3.8, 4) is 5.75 Å². The molecular weight excluding hydrogens is 515 g/mol. The van der Waals surface area contributed by atoms with Gasteiger partial charge in [-0.25, -0.2) is 9.36 Å². The minimum atomic E-state index is -3.97. The molecule has 198 valence electrons. The van der Waals surface area contributed by atoms with Gasteiger partial charge >= 0.3 is 19.3 Å². The van der Waals surface area contributed by atoms with Crippen LogP contribution in [0.3, 0.4) is 0 Å². The van der Waals surface area contributed by atoms with Gasteiger partial charge < -0.3 is 19.1 Å². The van der Waals surface area contributed by atoms with E-state index in [0.29, 0.717) is 0 Å². The van der Waals surface area contributed by atoms with Crippen molar-refractivity contribution < 1.29 is 33.0 Å². The Morgan fingerprint density at radius 1 is 1.25 bits per heavy atom. The van der Waals surface area contributed by atoms with Crippen molar-refractivity contribution in [1.82, 2.24) is 9.55 Å². The molecule has 36 heavy (non-hydrogen) atoms. The third-order valence-corrected chi connectivity index (χ3v) is 7.93. The number of aromatic nitrogens is 2. The molecule has 0 amide bonds. The number of esters is 1. The van der Waals surface area contributed by atoms with E-state index in [9.17, 15) is 24.1 Å². The second-order valence-electron chi connectivity index (χ2n) is 9.02. The normalized spacial score (nSPS) is 26.4. The molecule has 0 bridgehead atoms. The first-order chi connectivity index (χ1) is 16.8. The molecule has 1 aromatic carbocycles. The lowest BCUT2D eigenvalue weighted by Crippen LogP contribution is -2.43. The van der Waals surface area contributed by atoms with E-state index in [-0.39, 0.29) is 18.0 Å². The maximum absolute atomic E-state index is 13.7. The number of nitrogens with zero attached hydrogens (tertiary/aromatic N) is 1. The summed E-state index contributed by atoms with van der Waals surface area (Å²) in [5.74, 6) is -1.12. The molecule has 11 nitrogen and oxygen atoms in total. The number of hydrogen-bond acceptors (Lipinski definition) is 9. The lowest BCUT2D eigenvalue weighted by Gasteiger charge is -2.26. The van der Waals surface area contributed by atoms with Crippen LogP contribution in [0.1, 0.15) is 33.9 Å². The Hall–Kier alpha value is -2.43. The molecule has 2 N–H and O–H groups in total. The molecule has 1 aromatic heterocycles. The van der Waals surface area contributed by atoms with Gasteiger partial charge in [0.05, 0.1) is 24.8 Å². The third-order valence-electron chi connectivity index (χ3n) is 5.50. The number of rotatable bonds is 10. The van der Waals surface area contributed by atoms with E-state index >= 15 is 0 Å². The summed E-state index contributed by atoms with van der Waals surface area (Å²) >= 11 is 6.54. The molecule has 2 aromatic rings. The number of benzene rings is 1. The Morgan fingerprint density at radius 2 is 1.92 bits per heavy atom. The molecule has 0 radical (unpaired) electrons. The van der Waals surface area contributed by atoms with Crippen LogP contribution in [0.2, 0.25) is 0 Å². The van der Waals surface area contributed by atoms with Crippen molar-refractivity contribution in [2.45, 2.75) is 57.1 Å². The van der Waals surface area contributed by atoms with Crippen LogP contribution >= 0.6 is 19.2 Å². The first-order valence-electron chi connectivity index (χ1n) is 11.3. The van der Waals surface area contributed by atoms with Gasteiger partial charge in [0.1, 0.15) is 22.8 Å². The highest BCUT2D eigenvalue weighted by Crippen LogP contribution is 2.51. The summed E-state index contributed by atoms with van der Waals surface area (Å²) in [7, 11) is -3.97. The average Bonchev–Trinajstić information content (AvgIpc) is 3.01. The van der Waals surface area contributed by atoms with Crippen molar-refractivity contribution >= 4 is 25.2 Å². The van der Waals surface area contributed by atoms with Crippen LogP contribution in [0.5, 0.6) is 5.75 Å². The standard InChI is InChI=1S/C23H30ClN2O9P/c1-14(2)33-20(29)15(3)13-36(31,35-16-8-6-5-7-9-16)32-12-17-19(28)23(4,24)21(34-17)26-11-10-18(27)25-22(26)30/h5-11,14-15,17,19,21,28H,12-13H2,1-4H3,(H,25,27,30)/t15-,17-,19-,21-,23-,36?/m1/s1. The third kappa shape index (κ3) is 6.66. The predicted octanol–water partition coefficient (Wildman–Crippen LogP) is 2.67. The topological polar surface area (TPSA) is 146 Å². The number of carbonyl (C=O) groups excluding carboxylic acids is 1. The van der Waals surface area contributed by atoms with Gasteiger partial charge in [0.2, 0.25) is 0 Å². The van der Waals surface area contributed by atoms with Crippen LogP contribution in [-0.2, 0) is 23.4 Å². The van der Waals surface area contributed by atoms with E-state index in [1.807, 2.05) is 0 Å². The SMILES string of the molecule is CC(C)OC(=O)[C@H](C)CP(=O)(OC[C@H]1O[C@@H](n2ccc(=O)[nH]c2=O)[C@](C)(Cl)[C@@H]1O)Oc1ccccc1. The lowest BCUT2D eigenvalue weighted by molar-refractivity contribution is -0.151. The number of aliphatic hydroxyl groups excluding tert-OH is 1. The van der Waals surface area contributed by atoms with Gasteiger partial charge in [-0.05, 0) is 32.9 Å². The summed E-state index contributed by atoms with van der Waals surface area (Å²) in [6.45, 7) is 5.99. The summed E-state index contributed by atoms with van der Waals surface area (Å²) in [4.78, 5) is 36.6. The van der Waals surface area contributed by atoms with Crippen molar-refractivity contribution in [3.63, 3.8) is 0 Å². The molecule has 3 rings (SSSR count). The minimum absolute atomic E-state index is 0.262. The van der Waals surface area contributed by atoms with E-state index in [4.69, 9.17) is 30.1 Å². The number of aromatic amines is 1. The van der Waals surface area contributed by atoms with Gasteiger partial charge in [-0.15, -0.1) is 11.6 Å². The minimum Gasteiger partial charge on any atom is -0.463 e. The van der Waals surface area contributed by atoms with E-state index in [1.54, 1.807) is 51.1 Å². The average molecular weight is 545 g/mol. The van der Waals surface area contributed by atoms with Crippen LogP contribution in [0.25, 0.3) is 0 Å². The van der Waals surface area contributed by atoms with Crippen molar-refractivity contribution in [3.05, 3.63) is 63.4 Å². The quantitative estimate of drug-likeness (QED) is 0.262. The van der Waals surface area contributed by atoms with Crippen LogP contribution in [-0.4, -0.2) is 56.6 Å². The molecule has 1 unspecified atom stereocenters. The van der Waals surface area contributed by atoms with Crippen molar-refractivity contribution in [2.75, 3.05) is 12.8 Å². The van der Waals surface area contributed by atoms with Gasteiger partial charge in [0.25, 0.3) is 5.56 Å². The number of H-pyrrole nitrogens is 1. The maximum Gasteiger partial charge on any atom is 0.380 e. The Bertz CT molecular complexity index is 1210. The summed E-state index contributed by atoms with van der Waals surface area (Å²) in [6, 6.07) is 9.42. The number of ether oxygens (including phenoxy) is 2. The Balaban J connectivity index is 1.80. The first kappa shape index (κ1) is 28.1. The second kappa shape index (κ2) is 11.3. The molecule has 2 heterocycles. The fourth-order valence-corrected chi connectivity index (χ4v) is 5.83. The van der Waals surface area contributed by atoms with Gasteiger partial charge in [0, 0.05) is 12.3 Å². The fraction of sp³-hybridized carbons (Fsp3) is 0.522. The molecule has 1 aliphatic rings. The summed E-state index contributed by atoms with van der Waals surface area (Å²) < 4.78 is 37.1. The molecule has 1 saturated heterocycles. The predicted molar refractivity (Wildman–Crippen MR) is 131 cm³/mol. The van der Waals surface area contributed by atoms with E-state index in [2.05, 4.69) is 4.98 Å². The highest BCUT2D eigenvalue weighted by molar-refractivity contribution is 7.54. The fourth-order valence-electron chi connectivity index (χ4n) is 3.67. The van der Waals surface area contributed by atoms with Gasteiger partial charge in [-0.1, -0.05) is 25.1 Å². The molecule has 13 heteroatoms. The molecule has 1 fully saturated rings. The summed E-state index contributed by atoms with van der Waals surface area (Å²) in [6.07, 6.45) is -3.07. The van der Waals surface area contributed by atoms with E-state index < -0.39 is 60.6 Å². The Kier molecular flexibility index (Phi) is 8.84. The molecule has 1 aliphatic heterocycles. The Labute approximate surface area is 212 Å². The van der Waals surface area contributed by atoms with Crippen LogP contribution < -0.4 is 15.8 Å². The number of para-hydroxylation sites is 1. The van der Waals surface area contributed by atoms with E-state index in [0.717, 1.165) is 10.6 Å². The highest BCUT2D eigenvalue weighted by Gasteiger charge is 2.54. The van der Waals surface area contributed by atoms with Gasteiger partial charge in [-0.2, -0.15) is 0 Å². The van der Waals surface area contributed by atoms with E-state index in [1.165, 1.54) is 13.1 Å². The van der Waals surface area contributed by atoms with Crippen LogP contribution in [0, 0.1) is 5.92 Å². The monoisotopic (exact) mass is 544 g/mol. The number of aliphatic hydroxyl groups is 1. The molecule has 0 aliphatic carbocycles. The number of nitrogens with one attached hydrogen (secondary N) is 1. The zero-order chi connectivity index (χ0) is 26.7. The van der Waals surface area contributed by atoms with Gasteiger partial charge in [0.15, 0.2) is 6.23 Å². The van der Waals surface area contributed by atoms with Crippen LogP contribution in [0.4, 0.5) is 0 Å². The molecular formula is C23H30ClN2O9P. The molecule has 0 spiro atoms. The van der Waals surface area contributed by atoms with Crippen molar-refractivity contribution in [1.29, 1.82) is 0 Å². The molecule has 6 atom stereocenters. The van der Waals surface area contributed by atoms with Crippen molar-refractivity contribution in [2.24, 2.45) is 5.92 Å². The summed E-state index contributed by atoms with van der Waals surface area (Å²) in [5, 5.41) is 10.8.